The average molecular weight is 412 g/mol. The summed E-state index contributed by atoms with van der Waals surface area (Å²) < 4.78 is 11.1. The Labute approximate surface area is 177 Å². The van der Waals surface area contributed by atoms with Crippen LogP contribution in [0.3, 0.4) is 0 Å². The van der Waals surface area contributed by atoms with Gasteiger partial charge in [-0.3, -0.25) is 4.79 Å². The Morgan fingerprint density at radius 3 is 2.90 bits per heavy atom. The van der Waals surface area contributed by atoms with Crippen LogP contribution >= 0.6 is 0 Å². The molecule has 0 bridgehead atoms. The number of nitrogens with one attached hydrogen (secondary N) is 2. The van der Waals surface area contributed by atoms with Crippen molar-refractivity contribution < 1.29 is 19.1 Å². The van der Waals surface area contributed by atoms with Gasteiger partial charge in [0.25, 0.3) is 5.91 Å². The lowest BCUT2D eigenvalue weighted by Crippen LogP contribution is -2.32. The van der Waals surface area contributed by atoms with E-state index in [0.717, 1.165) is 49.2 Å². The van der Waals surface area contributed by atoms with E-state index in [4.69, 9.17) is 14.3 Å². The highest BCUT2D eigenvalue weighted by Crippen LogP contribution is 2.12. The van der Waals surface area contributed by atoms with Crippen LogP contribution in [0.15, 0.2) is 71.0 Å². The van der Waals surface area contributed by atoms with Gasteiger partial charge in [0.1, 0.15) is 18.2 Å². The first-order valence-corrected chi connectivity index (χ1v) is 10.4. The SMILES string of the molecule is O=C(/C=C/C1=C\CC/C=C(NCCOc2ccccc2)\N=C\1)NOC1CCCCO1. The molecule has 0 spiro atoms. The van der Waals surface area contributed by atoms with Crippen LogP contribution in [-0.4, -0.2) is 38.2 Å². The number of hydrogen-bond donors (Lipinski definition) is 2. The molecule has 0 aromatic heterocycles. The van der Waals surface area contributed by atoms with Gasteiger partial charge in [-0.2, -0.15) is 0 Å². The van der Waals surface area contributed by atoms with Gasteiger partial charge in [0.05, 0.1) is 6.54 Å². The number of rotatable bonds is 9. The fourth-order valence-corrected chi connectivity index (χ4v) is 2.95. The Balaban J connectivity index is 1.39. The molecule has 7 heteroatoms. The maximum atomic E-state index is 12.0. The van der Waals surface area contributed by atoms with E-state index in [1.165, 1.54) is 6.08 Å². The molecule has 0 radical (unpaired) electrons. The maximum absolute atomic E-state index is 12.0. The number of benzene rings is 1. The minimum atomic E-state index is -0.358. The highest BCUT2D eigenvalue weighted by atomic mass is 16.8. The van der Waals surface area contributed by atoms with Crippen molar-refractivity contribution >= 4 is 12.1 Å². The summed E-state index contributed by atoms with van der Waals surface area (Å²) in [7, 11) is 0. The number of allylic oxidation sites excluding steroid dienone is 4. The number of hydroxylamine groups is 1. The van der Waals surface area contributed by atoms with E-state index in [2.05, 4.69) is 21.9 Å². The molecule has 2 heterocycles. The van der Waals surface area contributed by atoms with Crippen molar-refractivity contribution in [3.05, 3.63) is 66.0 Å². The van der Waals surface area contributed by atoms with E-state index in [1.807, 2.05) is 36.4 Å². The van der Waals surface area contributed by atoms with Crippen LogP contribution in [0.25, 0.3) is 0 Å². The molecular formula is C23H29N3O4. The van der Waals surface area contributed by atoms with Crippen molar-refractivity contribution in [1.82, 2.24) is 10.8 Å². The van der Waals surface area contributed by atoms with Crippen LogP contribution < -0.4 is 15.5 Å². The third-order valence-electron chi connectivity index (χ3n) is 4.51. The fraction of sp³-hybridized carbons (Fsp3) is 0.391. The molecule has 1 aromatic rings. The van der Waals surface area contributed by atoms with Gasteiger partial charge < -0.3 is 14.8 Å². The Bertz CT molecular complexity index is 781. The van der Waals surface area contributed by atoms with Crippen LogP contribution in [0.5, 0.6) is 5.75 Å². The lowest BCUT2D eigenvalue weighted by Gasteiger charge is -2.21. The summed E-state index contributed by atoms with van der Waals surface area (Å²) in [6.45, 7) is 1.86. The highest BCUT2D eigenvalue weighted by molar-refractivity contribution is 5.90. The van der Waals surface area contributed by atoms with Crippen molar-refractivity contribution in [2.45, 2.75) is 38.4 Å². The molecule has 1 aromatic carbocycles. The van der Waals surface area contributed by atoms with E-state index in [1.54, 1.807) is 12.3 Å². The second-order valence-electron chi connectivity index (χ2n) is 6.93. The number of carbonyl (C=O) groups is 1. The summed E-state index contributed by atoms with van der Waals surface area (Å²) in [5, 5.41) is 3.28. The van der Waals surface area contributed by atoms with Crippen LogP contribution in [0, 0.1) is 0 Å². The third-order valence-corrected chi connectivity index (χ3v) is 4.51. The molecule has 0 aliphatic carbocycles. The quantitative estimate of drug-likeness (QED) is 0.370. The second-order valence-corrected chi connectivity index (χ2v) is 6.93. The van der Waals surface area contributed by atoms with E-state index in [-0.39, 0.29) is 12.2 Å². The number of nitrogens with zero attached hydrogens (tertiary/aromatic N) is 1. The molecule has 2 aliphatic heterocycles. The lowest BCUT2D eigenvalue weighted by atomic mass is 10.1. The average Bonchev–Trinajstić information content (AvgIpc) is 2.77. The number of hydrogen-bond acceptors (Lipinski definition) is 6. The van der Waals surface area contributed by atoms with Gasteiger partial charge in [-0.05, 0) is 55.5 Å². The molecule has 1 fully saturated rings. The lowest BCUT2D eigenvalue weighted by molar-refractivity contribution is -0.198. The van der Waals surface area contributed by atoms with E-state index >= 15 is 0 Å². The minimum absolute atomic E-state index is 0.326. The fourth-order valence-electron chi connectivity index (χ4n) is 2.95. The molecule has 2 aliphatic rings. The molecule has 7 nitrogen and oxygen atoms in total. The molecule has 0 saturated carbocycles. The molecule has 1 amide bonds. The van der Waals surface area contributed by atoms with Crippen molar-refractivity contribution in [1.29, 1.82) is 0 Å². The van der Waals surface area contributed by atoms with Crippen LogP contribution in [0.2, 0.25) is 0 Å². The molecule has 2 N–H and O–H groups in total. The van der Waals surface area contributed by atoms with Gasteiger partial charge in [-0.1, -0.05) is 24.3 Å². The zero-order valence-corrected chi connectivity index (χ0v) is 17.1. The predicted octanol–water partition coefficient (Wildman–Crippen LogP) is 3.42. The number of carbonyl (C=O) groups excluding carboxylic acids is 1. The molecular weight excluding hydrogens is 382 g/mol. The Hall–Kier alpha value is -2.90. The van der Waals surface area contributed by atoms with Gasteiger partial charge in [0, 0.05) is 25.3 Å². The van der Waals surface area contributed by atoms with E-state index in [9.17, 15) is 4.79 Å². The molecule has 30 heavy (non-hydrogen) atoms. The molecule has 3 rings (SSSR count). The second kappa shape index (κ2) is 12.6. The minimum Gasteiger partial charge on any atom is -0.492 e. The Morgan fingerprint density at radius 2 is 2.07 bits per heavy atom. The predicted molar refractivity (Wildman–Crippen MR) is 116 cm³/mol. The normalized spacial score (nSPS) is 23.9. The van der Waals surface area contributed by atoms with Crippen molar-refractivity contribution in [2.75, 3.05) is 19.8 Å². The first kappa shape index (κ1) is 21.8. The summed E-state index contributed by atoms with van der Waals surface area (Å²) in [6, 6.07) is 9.71. The zero-order chi connectivity index (χ0) is 20.9. The van der Waals surface area contributed by atoms with Crippen molar-refractivity contribution in [3.63, 3.8) is 0 Å². The summed E-state index contributed by atoms with van der Waals surface area (Å²) in [5.74, 6) is 1.32. The third kappa shape index (κ3) is 8.23. The molecule has 160 valence electrons. The van der Waals surface area contributed by atoms with Gasteiger partial charge >= 0.3 is 0 Å². The van der Waals surface area contributed by atoms with Gasteiger partial charge in [-0.25, -0.2) is 15.3 Å². The summed E-state index contributed by atoms with van der Waals surface area (Å²) in [5.41, 5.74) is 3.28. The van der Waals surface area contributed by atoms with Gasteiger partial charge in [-0.15, -0.1) is 0 Å². The van der Waals surface area contributed by atoms with Gasteiger partial charge in [0.2, 0.25) is 0 Å². The standard InChI is InChI=1S/C23H29N3O4/c27-22(26-30-23-12-6-7-16-29-23)14-13-19-8-4-5-11-21(25-18-19)24-15-17-28-20-9-2-1-3-10-20/h1-3,8-11,13-14,18,23-24H,4-7,12,15-17H2,(H,26,27)/b14-13+,19-8+,21-11-,25-18+. The number of para-hydroxylation sites is 1. The zero-order valence-electron chi connectivity index (χ0n) is 17.1. The topological polar surface area (TPSA) is 81.2 Å². The summed E-state index contributed by atoms with van der Waals surface area (Å²) in [6.07, 6.45) is 13.3. The molecule has 1 unspecified atom stereocenters. The van der Waals surface area contributed by atoms with Crippen LogP contribution in [-0.2, 0) is 14.4 Å². The largest absolute Gasteiger partial charge is 0.492 e. The van der Waals surface area contributed by atoms with E-state index < -0.39 is 0 Å². The molecule has 1 saturated heterocycles. The molecule has 1 atom stereocenters. The Kier molecular flexibility index (Phi) is 9.17. The van der Waals surface area contributed by atoms with Gasteiger partial charge in [0.15, 0.2) is 6.29 Å². The van der Waals surface area contributed by atoms with Crippen molar-refractivity contribution in [2.24, 2.45) is 4.99 Å². The van der Waals surface area contributed by atoms with Crippen molar-refractivity contribution in [3.8, 4) is 5.75 Å². The van der Waals surface area contributed by atoms with Crippen LogP contribution in [0.1, 0.15) is 32.1 Å². The smallest absolute Gasteiger partial charge is 0.267 e. The number of aliphatic imine (C=N–C) groups is 1. The summed E-state index contributed by atoms with van der Waals surface area (Å²) in [4.78, 5) is 21.7. The van der Waals surface area contributed by atoms with Crippen LogP contribution in [0.4, 0.5) is 0 Å². The maximum Gasteiger partial charge on any atom is 0.267 e. The number of ether oxygens (including phenoxy) is 2. The first-order valence-electron chi connectivity index (χ1n) is 10.4. The number of amides is 1. The first-order chi connectivity index (χ1) is 14.8. The Morgan fingerprint density at radius 1 is 1.20 bits per heavy atom. The monoisotopic (exact) mass is 411 g/mol. The summed E-state index contributed by atoms with van der Waals surface area (Å²) >= 11 is 0. The highest BCUT2D eigenvalue weighted by Gasteiger charge is 2.14. The van der Waals surface area contributed by atoms with E-state index in [0.29, 0.717) is 19.8 Å².